The maximum absolute atomic E-state index is 3.94. The number of unbranched alkanes of at least 4 members (excludes halogenated alkanes) is 1. The smallest absolute Gasteiger partial charge is 0.158 e. The van der Waals surface area contributed by atoms with Gasteiger partial charge in [0.25, 0.3) is 0 Å². The molecule has 0 saturated carbocycles. The van der Waals surface area contributed by atoms with E-state index < -0.39 is 0 Å². The van der Waals surface area contributed by atoms with Crippen molar-refractivity contribution in [3.8, 4) is 0 Å². The molecule has 1 aromatic heterocycles. The van der Waals surface area contributed by atoms with Crippen molar-refractivity contribution >= 4 is 0 Å². The number of nitrogens with zero attached hydrogens (tertiary/aromatic N) is 4. The first-order chi connectivity index (χ1) is 5.84. The Morgan fingerprint density at radius 3 is 3.00 bits per heavy atom. The molecule has 0 aliphatic heterocycles. The van der Waals surface area contributed by atoms with E-state index in [1.807, 2.05) is 6.92 Å². The Morgan fingerprint density at radius 2 is 2.42 bits per heavy atom. The van der Waals surface area contributed by atoms with Gasteiger partial charge in [-0.3, -0.25) is 0 Å². The summed E-state index contributed by atoms with van der Waals surface area (Å²) in [5.41, 5.74) is 0. The van der Waals surface area contributed by atoms with E-state index in [0.717, 1.165) is 6.42 Å². The molecule has 1 unspecified atom stereocenters. The minimum atomic E-state index is 0.207. The molecule has 0 saturated heterocycles. The lowest BCUT2D eigenvalue weighted by Gasteiger charge is -2.01. The summed E-state index contributed by atoms with van der Waals surface area (Å²) in [6, 6.07) is 0.207. The monoisotopic (exact) mass is 166 g/mol. The molecular formula is C8H14N4. The van der Waals surface area contributed by atoms with Crippen LogP contribution in [0.25, 0.3) is 0 Å². The van der Waals surface area contributed by atoms with E-state index in [1.165, 1.54) is 12.7 Å². The zero-order valence-electron chi connectivity index (χ0n) is 7.51. The molecule has 1 aromatic rings. The topological polar surface area (TPSA) is 43.6 Å². The fourth-order valence-electron chi connectivity index (χ4n) is 0.899. The molecule has 4 nitrogen and oxygen atoms in total. The first-order valence-electron chi connectivity index (χ1n) is 4.23. The van der Waals surface area contributed by atoms with E-state index in [0.29, 0.717) is 0 Å². The van der Waals surface area contributed by atoms with Gasteiger partial charge in [0.1, 0.15) is 0 Å². The highest BCUT2D eigenvalue weighted by Gasteiger charge is 1.99. The van der Waals surface area contributed by atoms with E-state index in [4.69, 9.17) is 0 Å². The molecule has 0 spiro atoms. The average Bonchev–Trinajstić information content (AvgIpc) is 2.56. The number of rotatable bonds is 4. The molecule has 4 heteroatoms. The van der Waals surface area contributed by atoms with Crippen LogP contribution in [-0.4, -0.2) is 20.2 Å². The van der Waals surface area contributed by atoms with Crippen molar-refractivity contribution < 1.29 is 0 Å². The molecule has 66 valence electrons. The minimum absolute atomic E-state index is 0.207. The third kappa shape index (κ3) is 2.45. The summed E-state index contributed by atoms with van der Waals surface area (Å²) >= 11 is 0. The van der Waals surface area contributed by atoms with Gasteiger partial charge in [0.2, 0.25) is 0 Å². The van der Waals surface area contributed by atoms with Gasteiger partial charge in [-0.1, -0.05) is 25.5 Å². The first-order valence-corrected chi connectivity index (χ1v) is 4.23. The fourth-order valence-corrected chi connectivity index (χ4v) is 0.899. The fraction of sp³-hybridized carbons (Fsp3) is 0.625. The van der Waals surface area contributed by atoms with Crippen LogP contribution in [0.15, 0.2) is 18.5 Å². The maximum atomic E-state index is 3.94. The van der Waals surface area contributed by atoms with Gasteiger partial charge >= 0.3 is 0 Å². The zero-order valence-corrected chi connectivity index (χ0v) is 7.51. The van der Waals surface area contributed by atoms with Crippen molar-refractivity contribution in [1.29, 1.82) is 0 Å². The largest absolute Gasteiger partial charge is 0.162 e. The molecule has 12 heavy (non-hydrogen) atoms. The van der Waals surface area contributed by atoms with Gasteiger partial charge in [0.05, 0.1) is 6.04 Å². The summed E-state index contributed by atoms with van der Waals surface area (Å²) in [6.07, 6.45) is 7.97. The molecule has 0 bridgehead atoms. The van der Waals surface area contributed by atoms with Gasteiger partial charge in [-0.05, 0) is 18.6 Å². The Labute approximate surface area is 72.3 Å². The van der Waals surface area contributed by atoms with Gasteiger partial charge in [0, 0.05) is 0 Å². The van der Waals surface area contributed by atoms with Crippen LogP contribution >= 0.6 is 0 Å². The third-order valence-electron chi connectivity index (χ3n) is 1.60. The van der Waals surface area contributed by atoms with Crippen molar-refractivity contribution in [2.75, 3.05) is 0 Å². The Bertz CT molecular complexity index is 227. The van der Waals surface area contributed by atoms with Crippen LogP contribution in [0.2, 0.25) is 0 Å². The summed E-state index contributed by atoms with van der Waals surface area (Å²) < 4.78 is 0. The molecule has 0 aromatic carbocycles. The molecule has 0 fully saturated rings. The standard InChI is InChI=1S/C8H14N4/c1-3-4-5-6-8(2)12-10-7-9-11-12/h5-8H,3-4H2,1-2H3. The van der Waals surface area contributed by atoms with Gasteiger partial charge < -0.3 is 0 Å². The molecule has 0 N–H and O–H groups in total. The number of aromatic nitrogens is 4. The second-order valence-electron chi connectivity index (χ2n) is 2.71. The predicted octanol–water partition coefficient (Wildman–Crippen LogP) is 1.59. The highest BCUT2D eigenvalue weighted by Crippen LogP contribution is 2.02. The van der Waals surface area contributed by atoms with Crippen LogP contribution in [0, 0.1) is 0 Å². The van der Waals surface area contributed by atoms with Crippen LogP contribution in [0.4, 0.5) is 0 Å². The predicted molar refractivity (Wildman–Crippen MR) is 46.6 cm³/mol. The zero-order chi connectivity index (χ0) is 8.81. The Balaban J connectivity index is 2.44. The lowest BCUT2D eigenvalue weighted by molar-refractivity contribution is 0.491. The molecule has 0 aliphatic carbocycles. The Morgan fingerprint density at radius 1 is 1.58 bits per heavy atom. The van der Waals surface area contributed by atoms with Crippen molar-refractivity contribution in [2.24, 2.45) is 0 Å². The molecule has 0 radical (unpaired) electrons. The number of tetrazole rings is 1. The number of hydrogen-bond acceptors (Lipinski definition) is 3. The van der Waals surface area contributed by atoms with Gasteiger partial charge in [-0.25, -0.2) is 0 Å². The first kappa shape index (κ1) is 8.90. The SMILES string of the molecule is CCCC=CC(C)n1ncnn1. The summed E-state index contributed by atoms with van der Waals surface area (Å²) in [6.45, 7) is 4.19. The highest BCUT2D eigenvalue weighted by atomic mass is 15.6. The van der Waals surface area contributed by atoms with Crippen molar-refractivity contribution in [3.63, 3.8) is 0 Å². The lowest BCUT2D eigenvalue weighted by atomic mass is 10.2. The average molecular weight is 166 g/mol. The molecule has 0 aliphatic rings. The Hall–Kier alpha value is -1.19. The van der Waals surface area contributed by atoms with Crippen LogP contribution < -0.4 is 0 Å². The summed E-state index contributed by atoms with van der Waals surface area (Å²) in [5, 5.41) is 11.4. The van der Waals surface area contributed by atoms with Crippen molar-refractivity contribution in [2.45, 2.75) is 32.7 Å². The van der Waals surface area contributed by atoms with Gasteiger partial charge in [-0.15, -0.1) is 10.2 Å². The molecule has 1 atom stereocenters. The normalized spacial score (nSPS) is 13.8. The van der Waals surface area contributed by atoms with Crippen LogP contribution in [-0.2, 0) is 0 Å². The summed E-state index contributed by atoms with van der Waals surface area (Å²) in [5.74, 6) is 0. The molecule has 1 heterocycles. The second-order valence-corrected chi connectivity index (χ2v) is 2.71. The van der Waals surface area contributed by atoms with Gasteiger partial charge in [-0.2, -0.15) is 4.80 Å². The Kier molecular flexibility index (Phi) is 3.44. The number of hydrogen-bond donors (Lipinski definition) is 0. The van der Waals surface area contributed by atoms with E-state index in [-0.39, 0.29) is 6.04 Å². The third-order valence-corrected chi connectivity index (χ3v) is 1.60. The van der Waals surface area contributed by atoms with Crippen molar-refractivity contribution in [3.05, 3.63) is 18.5 Å². The maximum Gasteiger partial charge on any atom is 0.162 e. The quantitative estimate of drug-likeness (QED) is 0.638. The van der Waals surface area contributed by atoms with Crippen LogP contribution in [0.1, 0.15) is 32.7 Å². The summed E-state index contributed by atoms with van der Waals surface area (Å²) in [7, 11) is 0. The number of allylic oxidation sites excluding steroid dienone is 2. The van der Waals surface area contributed by atoms with E-state index >= 15 is 0 Å². The summed E-state index contributed by atoms with van der Waals surface area (Å²) in [4.78, 5) is 1.59. The molecule has 1 rings (SSSR count). The highest BCUT2D eigenvalue weighted by molar-refractivity contribution is 4.87. The molecule has 0 amide bonds. The lowest BCUT2D eigenvalue weighted by Crippen LogP contribution is -2.06. The van der Waals surface area contributed by atoms with Gasteiger partial charge in [0.15, 0.2) is 6.33 Å². The minimum Gasteiger partial charge on any atom is -0.158 e. The molecular weight excluding hydrogens is 152 g/mol. The van der Waals surface area contributed by atoms with E-state index in [2.05, 4.69) is 34.5 Å². The van der Waals surface area contributed by atoms with E-state index in [1.54, 1.807) is 4.80 Å². The van der Waals surface area contributed by atoms with E-state index in [9.17, 15) is 0 Å². The van der Waals surface area contributed by atoms with Crippen molar-refractivity contribution in [1.82, 2.24) is 20.2 Å². The second kappa shape index (κ2) is 4.64. The van der Waals surface area contributed by atoms with Crippen LogP contribution in [0.5, 0.6) is 0 Å². The van der Waals surface area contributed by atoms with Crippen LogP contribution in [0.3, 0.4) is 0 Å².